The van der Waals surface area contributed by atoms with E-state index in [0.29, 0.717) is 18.3 Å². The van der Waals surface area contributed by atoms with Gasteiger partial charge in [-0.15, -0.1) is 0 Å². The van der Waals surface area contributed by atoms with Gasteiger partial charge in [-0.2, -0.15) is 11.8 Å². The molecule has 0 amide bonds. The summed E-state index contributed by atoms with van der Waals surface area (Å²) in [7, 11) is 0. The van der Waals surface area contributed by atoms with E-state index in [-0.39, 0.29) is 5.82 Å². The second-order valence-corrected chi connectivity index (χ2v) is 7.29. The average molecular weight is 393 g/mol. The van der Waals surface area contributed by atoms with E-state index < -0.39 is 0 Å². The first-order valence-corrected chi connectivity index (χ1v) is 10.0. The number of fused-ring (bicyclic) bond motifs is 1. The molecule has 1 heterocycles. The van der Waals surface area contributed by atoms with Crippen molar-refractivity contribution in [3.05, 3.63) is 53.8 Å². The van der Waals surface area contributed by atoms with Crippen LogP contribution in [-0.2, 0) is 5.75 Å². The van der Waals surface area contributed by atoms with Gasteiger partial charge < -0.3 is 20.1 Å². The van der Waals surface area contributed by atoms with Gasteiger partial charge in [0.2, 0.25) is 0 Å². The second-order valence-electron chi connectivity index (χ2n) is 5.77. The molecule has 1 aliphatic rings. The minimum atomic E-state index is -0.193. The van der Waals surface area contributed by atoms with Crippen LogP contribution >= 0.6 is 24.0 Å². The molecule has 0 aromatic heterocycles. The molecule has 4 nitrogen and oxygen atoms in total. The molecule has 0 atom stereocenters. The van der Waals surface area contributed by atoms with E-state index in [2.05, 4.69) is 10.6 Å². The van der Waals surface area contributed by atoms with Crippen molar-refractivity contribution in [1.82, 2.24) is 5.32 Å². The third-order valence-corrected chi connectivity index (χ3v) is 5.09. The zero-order valence-corrected chi connectivity index (χ0v) is 15.9. The zero-order chi connectivity index (χ0) is 18.2. The molecule has 0 radical (unpaired) electrons. The van der Waals surface area contributed by atoms with Crippen LogP contribution in [0.25, 0.3) is 0 Å². The van der Waals surface area contributed by atoms with Crippen LogP contribution in [0.5, 0.6) is 11.5 Å². The van der Waals surface area contributed by atoms with E-state index in [0.717, 1.165) is 47.2 Å². The summed E-state index contributed by atoms with van der Waals surface area (Å²) >= 11 is 7.15. The fraction of sp³-hybridized carbons (Fsp3) is 0.316. The SMILES string of the molecule is Fc1ccc(CSCCCNC(=S)Nc2ccc3c(c2)OCCO3)cc1. The lowest BCUT2D eigenvalue weighted by atomic mass is 10.2. The van der Waals surface area contributed by atoms with Crippen LogP contribution in [0.2, 0.25) is 0 Å². The summed E-state index contributed by atoms with van der Waals surface area (Å²) in [4.78, 5) is 0. The number of nitrogens with one attached hydrogen (secondary N) is 2. The van der Waals surface area contributed by atoms with Gasteiger partial charge in [-0.25, -0.2) is 4.39 Å². The van der Waals surface area contributed by atoms with Crippen LogP contribution in [0, 0.1) is 5.82 Å². The Balaban J connectivity index is 1.31. The van der Waals surface area contributed by atoms with Crippen molar-refractivity contribution < 1.29 is 13.9 Å². The largest absolute Gasteiger partial charge is 0.486 e. The van der Waals surface area contributed by atoms with Crippen molar-refractivity contribution >= 4 is 34.8 Å². The Kier molecular flexibility index (Phi) is 6.96. The van der Waals surface area contributed by atoms with Crippen molar-refractivity contribution in [1.29, 1.82) is 0 Å². The van der Waals surface area contributed by atoms with Crippen LogP contribution in [0.4, 0.5) is 10.1 Å². The number of hydrogen-bond acceptors (Lipinski definition) is 4. The quantitative estimate of drug-likeness (QED) is 0.544. The number of halogens is 1. The van der Waals surface area contributed by atoms with Gasteiger partial charge in [0.1, 0.15) is 19.0 Å². The number of thiocarbonyl (C=S) groups is 1. The first kappa shape index (κ1) is 18.8. The smallest absolute Gasteiger partial charge is 0.170 e. The maximum absolute atomic E-state index is 12.8. The monoisotopic (exact) mass is 392 g/mol. The van der Waals surface area contributed by atoms with Gasteiger partial charge in [0.05, 0.1) is 0 Å². The third kappa shape index (κ3) is 5.78. The Morgan fingerprint density at radius 1 is 1.08 bits per heavy atom. The molecule has 0 aliphatic carbocycles. The summed E-state index contributed by atoms with van der Waals surface area (Å²) in [6.45, 7) is 1.94. The number of benzene rings is 2. The fourth-order valence-corrected chi connectivity index (χ4v) is 3.58. The third-order valence-electron chi connectivity index (χ3n) is 3.73. The molecule has 0 fully saturated rings. The minimum absolute atomic E-state index is 0.193. The second kappa shape index (κ2) is 9.64. The maximum atomic E-state index is 12.8. The summed E-state index contributed by atoms with van der Waals surface area (Å²) in [6.07, 6.45) is 0.995. The zero-order valence-electron chi connectivity index (χ0n) is 14.3. The first-order chi connectivity index (χ1) is 12.7. The lowest BCUT2D eigenvalue weighted by Crippen LogP contribution is -2.29. The lowest BCUT2D eigenvalue weighted by molar-refractivity contribution is 0.171. The van der Waals surface area contributed by atoms with E-state index in [1.54, 1.807) is 0 Å². The van der Waals surface area contributed by atoms with E-state index in [4.69, 9.17) is 21.7 Å². The molecule has 7 heteroatoms. The highest BCUT2D eigenvalue weighted by Crippen LogP contribution is 2.32. The molecule has 26 heavy (non-hydrogen) atoms. The van der Waals surface area contributed by atoms with Gasteiger partial charge in [0, 0.05) is 24.1 Å². The van der Waals surface area contributed by atoms with Gasteiger partial charge in [0.25, 0.3) is 0 Å². The molecule has 2 aromatic rings. The van der Waals surface area contributed by atoms with Crippen molar-refractivity contribution in [2.24, 2.45) is 0 Å². The number of anilines is 1. The number of hydrogen-bond donors (Lipinski definition) is 2. The number of rotatable bonds is 7. The van der Waals surface area contributed by atoms with Crippen LogP contribution in [0.1, 0.15) is 12.0 Å². The summed E-state index contributed by atoms with van der Waals surface area (Å²) < 4.78 is 23.9. The minimum Gasteiger partial charge on any atom is -0.486 e. The summed E-state index contributed by atoms with van der Waals surface area (Å²) in [5.74, 6) is 3.21. The fourth-order valence-electron chi connectivity index (χ4n) is 2.44. The van der Waals surface area contributed by atoms with Gasteiger partial charge in [-0.05, 0) is 54.2 Å². The molecule has 0 saturated heterocycles. The highest BCUT2D eigenvalue weighted by molar-refractivity contribution is 7.98. The Labute approximate surface area is 162 Å². The van der Waals surface area contributed by atoms with Gasteiger partial charge in [-0.3, -0.25) is 0 Å². The van der Waals surface area contributed by atoms with E-state index in [1.165, 1.54) is 12.1 Å². The molecule has 0 unspecified atom stereocenters. The molecule has 2 aromatic carbocycles. The number of thioether (sulfide) groups is 1. The highest BCUT2D eigenvalue weighted by Gasteiger charge is 2.11. The van der Waals surface area contributed by atoms with Crippen molar-refractivity contribution in [2.45, 2.75) is 12.2 Å². The summed E-state index contributed by atoms with van der Waals surface area (Å²) in [6, 6.07) is 12.3. The van der Waals surface area contributed by atoms with Crippen molar-refractivity contribution in [2.75, 3.05) is 30.8 Å². The first-order valence-electron chi connectivity index (χ1n) is 8.47. The Morgan fingerprint density at radius 3 is 2.65 bits per heavy atom. The Morgan fingerprint density at radius 2 is 1.85 bits per heavy atom. The molecule has 0 saturated carbocycles. The lowest BCUT2D eigenvalue weighted by Gasteiger charge is -2.19. The van der Waals surface area contributed by atoms with Crippen LogP contribution < -0.4 is 20.1 Å². The highest BCUT2D eigenvalue weighted by atomic mass is 32.2. The molecular weight excluding hydrogens is 371 g/mol. The normalized spacial score (nSPS) is 12.5. The molecule has 0 spiro atoms. The molecule has 138 valence electrons. The standard InChI is InChI=1S/C19H21FN2O2S2/c20-15-4-2-14(3-5-15)13-26-11-1-8-21-19(25)22-16-6-7-17-18(12-16)24-10-9-23-17/h2-7,12H,1,8-11,13H2,(H2,21,22,25). The Hall–Kier alpha value is -1.99. The summed E-state index contributed by atoms with van der Waals surface area (Å²) in [5.41, 5.74) is 2.01. The average Bonchev–Trinajstić information content (AvgIpc) is 2.66. The van der Waals surface area contributed by atoms with Gasteiger partial charge in [0.15, 0.2) is 16.6 Å². The van der Waals surface area contributed by atoms with Crippen molar-refractivity contribution in [3.63, 3.8) is 0 Å². The van der Waals surface area contributed by atoms with Gasteiger partial charge >= 0.3 is 0 Å². The topological polar surface area (TPSA) is 42.5 Å². The van der Waals surface area contributed by atoms with Gasteiger partial charge in [-0.1, -0.05) is 12.1 Å². The molecular formula is C19H21FN2O2S2. The van der Waals surface area contributed by atoms with E-state index in [1.807, 2.05) is 42.1 Å². The molecule has 2 N–H and O–H groups in total. The van der Waals surface area contributed by atoms with Crippen LogP contribution in [-0.4, -0.2) is 30.6 Å². The van der Waals surface area contributed by atoms with E-state index >= 15 is 0 Å². The maximum Gasteiger partial charge on any atom is 0.170 e. The predicted molar refractivity (Wildman–Crippen MR) is 109 cm³/mol. The number of ether oxygens (including phenoxy) is 2. The summed E-state index contributed by atoms with van der Waals surface area (Å²) in [5, 5.41) is 6.95. The predicted octanol–water partition coefficient (Wildman–Crippen LogP) is 4.21. The van der Waals surface area contributed by atoms with Crippen LogP contribution in [0.3, 0.4) is 0 Å². The molecule has 1 aliphatic heterocycles. The Bertz CT molecular complexity index is 741. The molecule has 0 bridgehead atoms. The molecule has 3 rings (SSSR count). The van der Waals surface area contributed by atoms with Crippen molar-refractivity contribution in [3.8, 4) is 11.5 Å². The van der Waals surface area contributed by atoms with Crippen LogP contribution in [0.15, 0.2) is 42.5 Å². The van der Waals surface area contributed by atoms with E-state index in [9.17, 15) is 4.39 Å².